The largest absolute Gasteiger partial charge is 0.504 e. The van der Waals surface area contributed by atoms with Gasteiger partial charge in [0.15, 0.2) is 11.5 Å². The molecule has 0 radical (unpaired) electrons. The molecule has 2 aromatic rings. The fourth-order valence-corrected chi connectivity index (χ4v) is 2.78. The second kappa shape index (κ2) is 4.68. The smallest absolute Gasteiger partial charge is 0.198 e. The van der Waals surface area contributed by atoms with Crippen LogP contribution in [0.2, 0.25) is 0 Å². The highest BCUT2D eigenvalue weighted by molar-refractivity contribution is 6.09. The lowest BCUT2D eigenvalue weighted by molar-refractivity contribution is -0.117. The molecule has 20 heavy (non-hydrogen) atoms. The summed E-state index contributed by atoms with van der Waals surface area (Å²) in [7, 11) is 1.55. The van der Waals surface area contributed by atoms with Crippen molar-refractivity contribution >= 4 is 22.3 Å². The van der Waals surface area contributed by atoms with E-state index in [2.05, 4.69) is 0 Å². The van der Waals surface area contributed by atoms with E-state index in [1.165, 1.54) is 0 Å². The maximum Gasteiger partial charge on any atom is 0.198 e. The van der Waals surface area contributed by atoms with E-state index in [1.54, 1.807) is 18.0 Å². The van der Waals surface area contributed by atoms with Crippen molar-refractivity contribution in [2.24, 2.45) is 5.92 Å². The third-order valence-electron chi connectivity index (χ3n) is 3.74. The summed E-state index contributed by atoms with van der Waals surface area (Å²) in [5.41, 5.74) is 2.08. The van der Waals surface area contributed by atoms with E-state index in [-0.39, 0.29) is 30.5 Å². The van der Waals surface area contributed by atoms with Gasteiger partial charge in [0, 0.05) is 28.9 Å². The predicted molar refractivity (Wildman–Crippen MR) is 74.2 cm³/mol. The van der Waals surface area contributed by atoms with Crippen molar-refractivity contribution in [2.45, 2.75) is 6.42 Å². The van der Waals surface area contributed by atoms with Gasteiger partial charge in [-0.25, -0.2) is 0 Å². The van der Waals surface area contributed by atoms with Gasteiger partial charge in [-0.05, 0) is 6.07 Å². The maximum absolute atomic E-state index is 11.7. The number of fused-ring (bicyclic) bond motifs is 1. The zero-order valence-electron chi connectivity index (χ0n) is 11.0. The van der Waals surface area contributed by atoms with Crippen LogP contribution in [0.15, 0.2) is 36.2 Å². The standard InChI is InChI=1S/C15H15NO4/c1-20-16-7-11(10-4-2-3-5-12(10)16)14-9(8-17)6-13(18)15(14)19/h2-5,7,9,17,19H,6,8H2,1H3. The van der Waals surface area contributed by atoms with E-state index >= 15 is 0 Å². The third kappa shape index (κ3) is 1.71. The number of carbonyl (C=O) groups is 1. The molecule has 1 unspecified atom stereocenters. The zero-order chi connectivity index (χ0) is 14.3. The van der Waals surface area contributed by atoms with Crippen LogP contribution < -0.4 is 4.84 Å². The SMILES string of the molecule is COn1cc(C2=C(O)C(=O)CC2CO)c2ccccc21. The number of Topliss-reactive ketones (excluding diaryl/α,β-unsaturated/α-hetero) is 1. The molecule has 1 aromatic carbocycles. The van der Waals surface area contributed by atoms with Crippen molar-refractivity contribution in [3.63, 3.8) is 0 Å². The van der Waals surface area contributed by atoms with Crippen molar-refractivity contribution in [3.8, 4) is 0 Å². The fraction of sp³-hybridized carbons (Fsp3) is 0.267. The Morgan fingerprint density at radius 2 is 2.15 bits per heavy atom. The van der Waals surface area contributed by atoms with Gasteiger partial charge in [-0.15, -0.1) is 0 Å². The van der Waals surface area contributed by atoms with E-state index in [9.17, 15) is 15.0 Å². The Morgan fingerprint density at radius 1 is 1.40 bits per heavy atom. The molecule has 1 atom stereocenters. The molecule has 0 amide bonds. The monoisotopic (exact) mass is 273 g/mol. The number of hydrogen-bond acceptors (Lipinski definition) is 4. The molecule has 1 aliphatic carbocycles. The number of para-hydroxylation sites is 1. The van der Waals surface area contributed by atoms with E-state index in [0.29, 0.717) is 5.57 Å². The van der Waals surface area contributed by atoms with E-state index in [4.69, 9.17) is 4.84 Å². The molecular weight excluding hydrogens is 258 g/mol. The number of hydrogen-bond donors (Lipinski definition) is 2. The quantitative estimate of drug-likeness (QED) is 0.890. The zero-order valence-corrected chi connectivity index (χ0v) is 11.0. The number of nitrogens with zero attached hydrogens (tertiary/aromatic N) is 1. The van der Waals surface area contributed by atoms with Crippen molar-refractivity contribution < 1.29 is 19.8 Å². The number of ketones is 1. The summed E-state index contributed by atoms with van der Waals surface area (Å²) < 4.78 is 1.59. The highest BCUT2D eigenvalue weighted by atomic mass is 16.6. The molecule has 0 bridgehead atoms. The van der Waals surface area contributed by atoms with Gasteiger partial charge < -0.3 is 15.1 Å². The number of benzene rings is 1. The van der Waals surface area contributed by atoms with Gasteiger partial charge in [0.1, 0.15) is 7.11 Å². The fourth-order valence-electron chi connectivity index (χ4n) is 2.78. The van der Waals surface area contributed by atoms with Crippen LogP contribution in [0.1, 0.15) is 12.0 Å². The number of aromatic nitrogens is 1. The lowest BCUT2D eigenvalue weighted by atomic mass is 9.95. The summed E-state index contributed by atoms with van der Waals surface area (Å²) in [6, 6.07) is 7.57. The summed E-state index contributed by atoms with van der Waals surface area (Å²) in [4.78, 5) is 16.9. The topological polar surface area (TPSA) is 71.7 Å². The Balaban J connectivity index is 2.27. The van der Waals surface area contributed by atoms with Gasteiger partial charge >= 0.3 is 0 Å². The van der Waals surface area contributed by atoms with Gasteiger partial charge in [-0.3, -0.25) is 4.79 Å². The van der Waals surface area contributed by atoms with E-state index < -0.39 is 0 Å². The Kier molecular flexibility index (Phi) is 2.99. The molecule has 0 spiro atoms. The first kappa shape index (κ1) is 12.7. The number of aliphatic hydroxyl groups excluding tert-OH is 2. The van der Waals surface area contributed by atoms with Crippen LogP contribution in [0.4, 0.5) is 0 Å². The highest BCUT2D eigenvalue weighted by Crippen LogP contribution is 2.39. The molecular formula is C15H15NO4. The maximum atomic E-state index is 11.7. The Bertz CT molecular complexity index is 714. The minimum atomic E-state index is -0.362. The normalized spacial score (nSPS) is 19.1. The first-order valence-corrected chi connectivity index (χ1v) is 6.39. The third-order valence-corrected chi connectivity index (χ3v) is 3.74. The van der Waals surface area contributed by atoms with Crippen LogP contribution in [-0.2, 0) is 4.79 Å². The lowest BCUT2D eigenvalue weighted by Crippen LogP contribution is -2.06. The molecule has 1 aliphatic rings. The van der Waals surface area contributed by atoms with Gasteiger partial charge in [0.25, 0.3) is 0 Å². The summed E-state index contributed by atoms with van der Waals surface area (Å²) in [6.07, 6.45) is 1.88. The Labute approximate surface area is 115 Å². The molecule has 0 aliphatic heterocycles. The first-order chi connectivity index (χ1) is 9.67. The first-order valence-electron chi connectivity index (χ1n) is 6.39. The van der Waals surface area contributed by atoms with Crippen LogP contribution in [-0.4, -0.2) is 34.4 Å². The molecule has 0 saturated carbocycles. The van der Waals surface area contributed by atoms with Crippen LogP contribution in [0.5, 0.6) is 0 Å². The molecule has 0 fully saturated rings. The van der Waals surface area contributed by atoms with Crippen molar-refractivity contribution in [3.05, 3.63) is 41.8 Å². The second-order valence-corrected chi connectivity index (χ2v) is 4.84. The molecule has 3 rings (SSSR count). The van der Waals surface area contributed by atoms with Crippen molar-refractivity contribution in [1.29, 1.82) is 0 Å². The van der Waals surface area contributed by atoms with Crippen LogP contribution in [0.3, 0.4) is 0 Å². The summed E-state index contributed by atoms with van der Waals surface area (Å²) >= 11 is 0. The number of allylic oxidation sites excluding steroid dienone is 1. The molecule has 1 heterocycles. The minimum absolute atomic E-state index is 0.143. The Morgan fingerprint density at radius 3 is 2.85 bits per heavy atom. The van der Waals surface area contributed by atoms with Crippen molar-refractivity contribution in [2.75, 3.05) is 13.7 Å². The van der Waals surface area contributed by atoms with Crippen LogP contribution >= 0.6 is 0 Å². The van der Waals surface area contributed by atoms with E-state index in [1.807, 2.05) is 24.3 Å². The molecule has 0 saturated heterocycles. The average Bonchev–Trinajstić information content (AvgIpc) is 2.97. The van der Waals surface area contributed by atoms with Gasteiger partial charge in [-0.2, -0.15) is 4.73 Å². The average molecular weight is 273 g/mol. The molecule has 104 valence electrons. The summed E-state index contributed by atoms with van der Waals surface area (Å²) in [6.45, 7) is -0.169. The van der Waals surface area contributed by atoms with Crippen LogP contribution in [0.25, 0.3) is 16.5 Å². The second-order valence-electron chi connectivity index (χ2n) is 4.84. The summed E-state index contributed by atoms with van der Waals surface area (Å²) in [5, 5.41) is 20.3. The molecule has 1 aromatic heterocycles. The minimum Gasteiger partial charge on any atom is -0.504 e. The van der Waals surface area contributed by atoms with Crippen molar-refractivity contribution in [1.82, 2.24) is 4.73 Å². The number of rotatable bonds is 3. The van der Waals surface area contributed by atoms with E-state index in [0.717, 1.165) is 16.5 Å². The molecule has 5 heteroatoms. The highest BCUT2D eigenvalue weighted by Gasteiger charge is 2.34. The summed E-state index contributed by atoms with van der Waals surface area (Å²) in [5.74, 6) is -0.935. The Hall–Kier alpha value is -2.27. The molecule has 5 nitrogen and oxygen atoms in total. The number of aliphatic hydroxyl groups is 2. The van der Waals surface area contributed by atoms with Gasteiger partial charge in [0.05, 0.1) is 18.3 Å². The van der Waals surface area contributed by atoms with Gasteiger partial charge in [-0.1, -0.05) is 18.2 Å². The van der Waals surface area contributed by atoms with Gasteiger partial charge in [0.2, 0.25) is 0 Å². The predicted octanol–water partition coefficient (Wildman–Crippen LogP) is 1.55. The molecule has 2 N–H and O–H groups in total. The number of carbonyl (C=O) groups excluding carboxylic acids is 1. The van der Waals surface area contributed by atoms with Crippen LogP contribution in [0, 0.1) is 5.92 Å². The lowest BCUT2D eigenvalue weighted by Gasteiger charge is -2.09.